The molecule has 2 N–H and O–H groups in total. The van der Waals surface area contributed by atoms with Crippen LogP contribution in [0, 0.1) is 0 Å². The molecule has 0 amide bonds. The summed E-state index contributed by atoms with van der Waals surface area (Å²) in [5.41, 5.74) is 1.55. The molecule has 0 saturated heterocycles. The second-order valence-corrected chi connectivity index (χ2v) is 4.32. The van der Waals surface area contributed by atoms with Crippen LogP contribution in [-0.4, -0.2) is 33.3 Å². The molecule has 1 aliphatic heterocycles. The molecule has 0 radical (unpaired) electrons. The molecule has 0 bridgehead atoms. The summed E-state index contributed by atoms with van der Waals surface area (Å²) < 4.78 is 0. The van der Waals surface area contributed by atoms with E-state index in [1.54, 1.807) is 6.07 Å². The van der Waals surface area contributed by atoms with E-state index < -0.39 is 0 Å². The molecule has 0 unspecified atom stereocenters. The number of aromatic nitrogens is 2. The van der Waals surface area contributed by atoms with Crippen LogP contribution in [0.1, 0.15) is 12.2 Å². The van der Waals surface area contributed by atoms with Gasteiger partial charge in [0, 0.05) is 13.1 Å². The minimum Gasteiger partial charge on any atom is -0.314 e. The number of H-pyrrole nitrogens is 1. The first-order valence-corrected chi connectivity index (χ1v) is 5.86. The lowest BCUT2D eigenvalue weighted by molar-refractivity contribution is -0.0807. The smallest absolute Gasteiger partial charge is 0.259 e. The molecule has 5 nitrogen and oxygen atoms in total. The Morgan fingerprint density at radius 3 is 2.94 bits per heavy atom. The number of nitrogens with zero attached hydrogens (tertiary/aromatic N) is 2. The molecule has 92 valence electrons. The van der Waals surface area contributed by atoms with Gasteiger partial charge in [0.05, 0.1) is 10.9 Å². The van der Waals surface area contributed by atoms with Gasteiger partial charge in [-0.25, -0.2) is 4.98 Å². The van der Waals surface area contributed by atoms with Gasteiger partial charge in [0.25, 0.3) is 5.56 Å². The van der Waals surface area contributed by atoms with E-state index in [4.69, 9.17) is 0 Å². The molecule has 3 rings (SSSR count). The third-order valence-corrected chi connectivity index (χ3v) is 3.10. The van der Waals surface area contributed by atoms with Crippen LogP contribution in [0.15, 0.2) is 35.1 Å². The topological polar surface area (TPSA) is 69.2 Å². The first-order chi connectivity index (χ1) is 8.74. The van der Waals surface area contributed by atoms with E-state index in [1.165, 1.54) is 5.06 Å². The van der Waals surface area contributed by atoms with Gasteiger partial charge in [0.2, 0.25) is 0 Å². The number of para-hydroxylation sites is 1. The standard InChI is InChI=1S/C13H13N3O2/c17-13-10-3-1-2-4-11(10)14-12(15-13)9-5-7-16(18)8-6-9/h1-5,18H,6-8H2,(H,14,15,17). The second kappa shape index (κ2) is 4.36. The maximum absolute atomic E-state index is 11.9. The molecule has 1 aromatic carbocycles. The van der Waals surface area contributed by atoms with Crippen LogP contribution in [0.4, 0.5) is 0 Å². The zero-order valence-corrected chi connectivity index (χ0v) is 9.76. The van der Waals surface area contributed by atoms with Gasteiger partial charge in [-0.15, -0.1) is 0 Å². The van der Waals surface area contributed by atoms with Gasteiger partial charge in [-0.3, -0.25) is 4.79 Å². The van der Waals surface area contributed by atoms with Gasteiger partial charge in [-0.1, -0.05) is 18.2 Å². The predicted molar refractivity (Wildman–Crippen MR) is 68.3 cm³/mol. The van der Waals surface area contributed by atoms with Crippen molar-refractivity contribution in [3.05, 3.63) is 46.5 Å². The zero-order valence-electron chi connectivity index (χ0n) is 9.76. The maximum atomic E-state index is 11.9. The highest BCUT2D eigenvalue weighted by Gasteiger charge is 2.13. The summed E-state index contributed by atoms with van der Waals surface area (Å²) in [5.74, 6) is 0.604. The van der Waals surface area contributed by atoms with Crippen molar-refractivity contribution < 1.29 is 5.21 Å². The lowest BCUT2D eigenvalue weighted by atomic mass is 10.1. The molecule has 0 atom stereocenters. The highest BCUT2D eigenvalue weighted by Crippen LogP contribution is 2.18. The molecule has 5 heteroatoms. The number of fused-ring (bicyclic) bond motifs is 1. The Bertz CT molecular complexity index is 675. The number of benzene rings is 1. The Labute approximate surface area is 103 Å². The summed E-state index contributed by atoms with van der Waals surface area (Å²) in [5, 5.41) is 11.1. The Kier molecular flexibility index (Phi) is 2.70. The molecule has 0 spiro atoms. The van der Waals surface area contributed by atoms with E-state index in [0.29, 0.717) is 36.2 Å². The van der Waals surface area contributed by atoms with Crippen LogP contribution in [0.5, 0.6) is 0 Å². The largest absolute Gasteiger partial charge is 0.314 e. The van der Waals surface area contributed by atoms with E-state index in [-0.39, 0.29) is 5.56 Å². The van der Waals surface area contributed by atoms with Crippen molar-refractivity contribution in [1.29, 1.82) is 0 Å². The van der Waals surface area contributed by atoms with Crippen molar-refractivity contribution in [2.75, 3.05) is 13.1 Å². The molecule has 2 heterocycles. The van der Waals surface area contributed by atoms with Gasteiger partial charge in [0.1, 0.15) is 5.82 Å². The number of nitrogens with one attached hydrogen (secondary N) is 1. The van der Waals surface area contributed by atoms with Gasteiger partial charge in [-0.2, -0.15) is 5.06 Å². The highest BCUT2D eigenvalue weighted by molar-refractivity contribution is 5.79. The molecule has 0 fully saturated rings. The third kappa shape index (κ3) is 1.94. The fourth-order valence-electron chi connectivity index (χ4n) is 2.11. The molecule has 0 saturated carbocycles. The minimum atomic E-state index is -0.122. The first-order valence-electron chi connectivity index (χ1n) is 5.86. The molecular formula is C13H13N3O2. The van der Waals surface area contributed by atoms with Crippen LogP contribution < -0.4 is 5.56 Å². The van der Waals surface area contributed by atoms with Gasteiger partial charge < -0.3 is 10.2 Å². The number of hydrogen-bond acceptors (Lipinski definition) is 4. The molecule has 0 aliphatic carbocycles. The SMILES string of the molecule is O=c1[nH]c(C2=CCN(O)CC2)nc2ccccc12. The van der Waals surface area contributed by atoms with Crippen molar-refractivity contribution in [2.45, 2.75) is 6.42 Å². The van der Waals surface area contributed by atoms with Crippen molar-refractivity contribution in [3.63, 3.8) is 0 Å². The van der Waals surface area contributed by atoms with E-state index in [1.807, 2.05) is 24.3 Å². The number of aromatic amines is 1. The Hall–Kier alpha value is -1.98. The Morgan fingerprint density at radius 2 is 2.17 bits per heavy atom. The normalized spacial score (nSPS) is 16.8. The van der Waals surface area contributed by atoms with Crippen LogP contribution in [0.25, 0.3) is 16.5 Å². The van der Waals surface area contributed by atoms with Gasteiger partial charge >= 0.3 is 0 Å². The lowest BCUT2D eigenvalue weighted by Gasteiger charge is -2.19. The van der Waals surface area contributed by atoms with Crippen molar-refractivity contribution in [2.24, 2.45) is 0 Å². The average molecular weight is 243 g/mol. The minimum absolute atomic E-state index is 0.122. The first kappa shape index (κ1) is 11.1. The third-order valence-electron chi connectivity index (χ3n) is 3.10. The Morgan fingerprint density at radius 1 is 1.33 bits per heavy atom. The van der Waals surface area contributed by atoms with Crippen molar-refractivity contribution in [3.8, 4) is 0 Å². The van der Waals surface area contributed by atoms with Crippen LogP contribution in [0.2, 0.25) is 0 Å². The molecule has 1 aliphatic rings. The summed E-state index contributed by atoms with van der Waals surface area (Å²) in [7, 11) is 0. The second-order valence-electron chi connectivity index (χ2n) is 4.32. The fourth-order valence-corrected chi connectivity index (χ4v) is 2.11. The zero-order chi connectivity index (χ0) is 12.5. The molecule has 1 aromatic heterocycles. The Balaban J connectivity index is 2.11. The monoisotopic (exact) mass is 243 g/mol. The quantitative estimate of drug-likeness (QED) is 0.794. The van der Waals surface area contributed by atoms with E-state index in [9.17, 15) is 10.0 Å². The fraction of sp³-hybridized carbons (Fsp3) is 0.231. The molecule has 18 heavy (non-hydrogen) atoms. The van der Waals surface area contributed by atoms with Crippen molar-refractivity contribution >= 4 is 16.5 Å². The van der Waals surface area contributed by atoms with Gasteiger partial charge in [-0.05, 0) is 24.1 Å². The summed E-state index contributed by atoms with van der Waals surface area (Å²) in [6.07, 6.45) is 2.56. The van der Waals surface area contributed by atoms with Crippen LogP contribution in [0.3, 0.4) is 0 Å². The van der Waals surface area contributed by atoms with E-state index >= 15 is 0 Å². The number of rotatable bonds is 1. The molecule has 2 aromatic rings. The van der Waals surface area contributed by atoms with Crippen molar-refractivity contribution in [1.82, 2.24) is 15.0 Å². The summed E-state index contributed by atoms with van der Waals surface area (Å²) in [6, 6.07) is 7.27. The summed E-state index contributed by atoms with van der Waals surface area (Å²) in [4.78, 5) is 19.2. The van der Waals surface area contributed by atoms with E-state index in [2.05, 4.69) is 9.97 Å². The summed E-state index contributed by atoms with van der Waals surface area (Å²) in [6.45, 7) is 1.02. The highest BCUT2D eigenvalue weighted by atomic mass is 16.5. The van der Waals surface area contributed by atoms with E-state index in [0.717, 1.165) is 5.57 Å². The molecular weight excluding hydrogens is 230 g/mol. The lowest BCUT2D eigenvalue weighted by Crippen LogP contribution is -2.25. The predicted octanol–water partition coefficient (Wildman–Crippen LogP) is 1.40. The maximum Gasteiger partial charge on any atom is 0.259 e. The van der Waals surface area contributed by atoms with Gasteiger partial charge in [0.15, 0.2) is 0 Å². The van der Waals surface area contributed by atoms with Crippen LogP contribution in [-0.2, 0) is 0 Å². The number of hydrogen-bond donors (Lipinski definition) is 2. The number of hydroxylamine groups is 2. The van der Waals surface area contributed by atoms with Crippen LogP contribution >= 0.6 is 0 Å². The average Bonchev–Trinajstić information content (AvgIpc) is 2.39. The summed E-state index contributed by atoms with van der Waals surface area (Å²) >= 11 is 0.